The quantitative estimate of drug-likeness (QED) is 0.714. The Morgan fingerprint density at radius 1 is 1.23 bits per heavy atom. The predicted octanol–water partition coefficient (Wildman–Crippen LogP) is 2.51. The topological polar surface area (TPSA) is 29.5 Å². The van der Waals surface area contributed by atoms with Gasteiger partial charge in [-0.25, -0.2) is 0 Å². The van der Waals surface area contributed by atoms with E-state index >= 15 is 0 Å². The van der Waals surface area contributed by atoms with Crippen molar-refractivity contribution in [1.82, 2.24) is 0 Å². The van der Waals surface area contributed by atoms with Gasteiger partial charge in [0.25, 0.3) is 0 Å². The monoisotopic (exact) mass is 176 g/mol. The van der Waals surface area contributed by atoms with E-state index in [0.717, 1.165) is 0 Å². The molecule has 0 radical (unpaired) electrons. The van der Waals surface area contributed by atoms with Gasteiger partial charge in [0.2, 0.25) is 0 Å². The zero-order chi connectivity index (χ0) is 9.68. The lowest BCUT2D eigenvalue weighted by molar-refractivity contribution is 0.281. The Kier molecular flexibility index (Phi) is 3.15. The molecule has 0 unspecified atom stereocenters. The van der Waals surface area contributed by atoms with E-state index in [1.54, 1.807) is 36.4 Å². The van der Waals surface area contributed by atoms with Crippen molar-refractivity contribution in [3.8, 4) is 11.5 Å². The third-order valence-electron chi connectivity index (χ3n) is 1.59. The van der Waals surface area contributed by atoms with E-state index in [2.05, 4.69) is 13.2 Å². The second-order valence-corrected chi connectivity index (χ2v) is 2.52. The number of ether oxygens (including phenoxy) is 1. The largest absolute Gasteiger partial charge is 0.504 e. The van der Waals surface area contributed by atoms with Crippen LogP contribution in [-0.4, -0.2) is 11.2 Å². The molecule has 1 rings (SSSR count). The van der Waals surface area contributed by atoms with Gasteiger partial charge in [0.15, 0.2) is 11.5 Å². The molecule has 0 aliphatic carbocycles. The molecule has 2 nitrogen and oxygen atoms in total. The highest BCUT2D eigenvalue weighted by molar-refractivity contribution is 5.38. The summed E-state index contributed by atoms with van der Waals surface area (Å²) in [7, 11) is 0. The van der Waals surface area contributed by atoms with E-state index in [9.17, 15) is 5.11 Å². The van der Waals surface area contributed by atoms with Crippen LogP contribution in [0, 0.1) is 0 Å². The van der Waals surface area contributed by atoms with E-state index in [0.29, 0.717) is 5.75 Å². The molecule has 0 aromatic heterocycles. The van der Waals surface area contributed by atoms with E-state index in [1.807, 2.05) is 0 Å². The van der Waals surface area contributed by atoms with Gasteiger partial charge in [-0.2, -0.15) is 0 Å². The highest BCUT2D eigenvalue weighted by Crippen LogP contribution is 2.25. The number of phenols is 1. The third-order valence-corrected chi connectivity index (χ3v) is 1.59. The van der Waals surface area contributed by atoms with Crippen LogP contribution in [0.15, 0.2) is 49.6 Å². The summed E-state index contributed by atoms with van der Waals surface area (Å²) in [5.74, 6) is 0.559. The second-order valence-electron chi connectivity index (χ2n) is 2.52. The number of para-hydroxylation sites is 2. The Morgan fingerprint density at radius 2 is 1.85 bits per heavy atom. The average molecular weight is 176 g/mol. The number of hydrogen-bond donors (Lipinski definition) is 1. The van der Waals surface area contributed by atoms with Crippen molar-refractivity contribution >= 4 is 0 Å². The molecule has 0 spiro atoms. The van der Waals surface area contributed by atoms with Crippen LogP contribution in [0.4, 0.5) is 0 Å². The lowest BCUT2D eigenvalue weighted by atomic mass is 10.3. The molecule has 0 bridgehead atoms. The van der Waals surface area contributed by atoms with Gasteiger partial charge in [-0.15, -0.1) is 0 Å². The first-order chi connectivity index (χ1) is 6.27. The number of benzene rings is 1. The van der Waals surface area contributed by atoms with Gasteiger partial charge in [-0.3, -0.25) is 0 Å². The second kappa shape index (κ2) is 4.36. The van der Waals surface area contributed by atoms with Gasteiger partial charge in [-0.1, -0.05) is 25.3 Å². The molecule has 0 saturated heterocycles. The van der Waals surface area contributed by atoms with Crippen LogP contribution in [0.25, 0.3) is 0 Å². The highest BCUT2D eigenvalue weighted by atomic mass is 16.5. The molecule has 1 aromatic carbocycles. The maximum absolute atomic E-state index is 9.36. The van der Waals surface area contributed by atoms with Crippen LogP contribution in [0.3, 0.4) is 0 Å². The van der Waals surface area contributed by atoms with Crippen molar-refractivity contribution in [3.05, 3.63) is 49.6 Å². The van der Waals surface area contributed by atoms with E-state index < -0.39 is 0 Å². The van der Waals surface area contributed by atoms with Gasteiger partial charge < -0.3 is 9.84 Å². The number of rotatable bonds is 4. The molecule has 1 aromatic rings. The summed E-state index contributed by atoms with van der Waals surface area (Å²) in [6.07, 6.45) is 2.95. The van der Waals surface area contributed by atoms with Gasteiger partial charge >= 0.3 is 0 Å². The Bertz CT molecular complexity index is 297. The van der Waals surface area contributed by atoms with Gasteiger partial charge in [-0.05, 0) is 24.3 Å². The van der Waals surface area contributed by atoms with Crippen molar-refractivity contribution in [3.63, 3.8) is 0 Å². The summed E-state index contributed by atoms with van der Waals surface area (Å²) >= 11 is 0. The number of phenolic OH excluding ortho intramolecular Hbond substituents is 1. The van der Waals surface area contributed by atoms with E-state index in [1.165, 1.54) is 0 Å². The lowest BCUT2D eigenvalue weighted by Gasteiger charge is -2.11. The molecule has 0 aliphatic heterocycles. The van der Waals surface area contributed by atoms with Crippen molar-refractivity contribution in [2.24, 2.45) is 0 Å². The zero-order valence-corrected chi connectivity index (χ0v) is 7.31. The van der Waals surface area contributed by atoms with E-state index in [4.69, 9.17) is 4.74 Å². The number of aromatic hydroxyl groups is 1. The predicted molar refractivity (Wildman–Crippen MR) is 52.9 cm³/mol. The molecule has 0 fully saturated rings. The fourth-order valence-electron chi connectivity index (χ4n) is 0.896. The van der Waals surface area contributed by atoms with Crippen LogP contribution in [0.2, 0.25) is 0 Å². The summed E-state index contributed by atoms with van der Waals surface area (Å²) < 4.78 is 5.36. The standard InChI is InChI=1S/C11H12O2/c1-3-9(4-2)13-11-8-6-5-7-10(11)12/h3-9,12H,1-2H2. The molecule has 0 amide bonds. The lowest BCUT2D eigenvalue weighted by Crippen LogP contribution is -2.08. The van der Waals surface area contributed by atoms with Crippen LogP contribution in [0.5, 0.6) is 11.5 Å². The Labute approximate surface area is 77.8 Å². The van der Waals surface area contributed by atoms with E-state index in [-0.39, 0.29) is 11.9 Å². The van der Waals surface area contributed by atoms with Gasteiger partial charge in [0, 0.05) is 0 Å². The first-order valence-corrected chi connectivity index (χ1v) is 3.97. The molecule has 13 heavy (non-hydrogen) atoms. The first kappa shape index (κ1) is 9.39. The summed E-state index contributed by atoms with van der Waals surface area (Å²) in [6.45, 7) is 7.16. The molecular weight excluding hydrogens is 164 g/mol. The van der Waals surface area contributed by atoms with Crippen molar-refractivity contribution < 1.29 is 9.84 Å². The molecule has 2 heteroatoms. The summed E-state index contributed by atoms with van der Waals surface area (Å²) in [4.78, 5) is 0. The maximum Gasteiger partial charge on any atom is 0.162 e. The first-order valence-electron chi connectivity index (χ1n) is 3.97. The average Bonchev–Trinajstić information content (AvgIpc) is 2.17. The van der Waals surface area contributed by atoms with Crippen LogP contribution >= 0.6 is 0 Å². The third kappa shape index (κ3) is 2.37. The van der Waals surface area contributed by atoms with Crippen molar-refractivity contribution in [2.75, 3.05) is 0 Å². The maximum atomic E-state index is 9.36. The Morgan fingerprint density at radius 3 is 2.38 bits per heavy atom. The van der Waals surface area contributed by atoms with Crippen LogP contribution in [-0.2, 0) is 0 Å². The van der Waals surface area contributed by atoms with Crippen LogP contribution in [0.1, 0.15) is 0 Å². The molecule has 0 heterocycles. The summed E-state index contributed by atoms with van der Waals surface area (Å²) in [5.41, 5.74) is 0. The minimum Gasteiger partial charge on any atom is -0.504 e. The Hall–Kier alpha value is -1.70. The Balaban J connectivity index is 2.78. The molecule has 68 valence electrons. The molecule has 0 aliphatic rings. The number of hydrogen-bond acceptors (Lipinski definition) is 2. The molecular formula is C11H12O2. The fraction of sp³-hybridized carbons (Fsp3) is 0.0909. The molecule has 0 saturated carbocycles. The van der Waals surface area contributed by atoms with Crippen molar-refractivity contribution in [2.45, 2.75) is 6.10 Å². The minimum absolute atomic E-state index is 0.121. The minimum atomic E-state index is -0.270. The fourth-order valence-corrected chi connectivity index (χ4v) is 0.896. The highest BCUT2D eigenvalue weighted by Gasteiger charge is 2.04. The van der Waals surface area contributed by atoms with Gasteiger partial charge in [0.1, 0.15) is 6.10 Å². The van der Waals surface area contributed by atoms with Crippen LogP contribution < -0.4 is 4.74 Å². The summed E-state index contributed by atoms with van der Waals surface area (Å²) in [6, 6.07) is 6.78. The van der Waals surface area contributed by atoms with Crippen molar-refractivity contribution in [1.29, 1.82) is 0 Å². The molecule has 1 N–H and O–H groups in total. The summed E-state index contributed by atoms with van der Waals surface area (Å²) in [5, 5.41) is 9.36. The smallest absolute Gasteiger partial charge is 0.162 e. The van der Waals surface area contributed by atoms with Gasteiger partial charge in [0.05, 0.1) is 0 Å². The SMILES string of the molecule is C=CC(C=C)Oc1ccccc1O. The zero-order valence-electron chi connectivity index (χ0n) is 7.31. The molecule has 0 atom stereocenters. The normalized spacial score (nSPS) is 9.62.